The molecular formula is C19H22FN3O2. The van der Waals surface area contributed by atoms with Gasteiger partial charge in [-0.3, -0.25) is 0 Å². The number of aromatic nitrogens is 1. The SMILES string of the molecule is Nc1ccc(N2CCCC2c2cc(F)ccc2O[C@@H]2CCOC2)cn1. The first-order chi connectivity index (χ1) is 12.2. The van der Waals surface area contributed by atoms with Crippen LogP contribution in [0, 0.1) is 5.82 Å². The molecule has 6 heteroatoms. The Bertz CT molecular complexity index is 732. The Labute approximate surface area is 146 Å². The maximum Gasteiger partial charge on any atom is 0.125 e. The molecule has 3 heterocycles. The number of nitrogens with two attached hydrogens (primary N) is 1. The zero-order valence-electron chi connectivity index (χ0n) is 14.0. The first-order valence-electron chi connectivity index (χ1n) is 8.73. The van der Waals surface area contributed by atoms with Crippen LogP contribution >= 0.6 is 0 Å². The van der Waals surface area contributed by atoms with Gasteiger partial charge in [0, 0.05) is 18.5 Å². The summed E-state index contributed by atoms with van der Waals surface area (Å²) in [6, 6.07) is 8.62. The van der Waals surface area contributed by atoms with Crippen LogP contribution in [0.2, 0.25) is 0 Å². The fourth-order valence-corrected chi connectivity index (χ4v) is 3.64. The van der Waals surface area contributed by atoms with Crippen molar-refractivity contribution >= 4 is 11.5 Å². The molecule has 0 bridgehead atoms. The van der Waals surface area contributed by atoms with Crippen molar-refractivity contribution < 1.29 is 13.9 Å². The highest BCUT2D eigenvalue weighted by atomic mass is 19.1. The van der Waals surface area contributed by atoms with Gasteiger partial charge in [0.2, 0.25) is 0 Å². The van der Waals surface area contributed by atoms with Gasteiger partial charge in [-0.1, -0.05) is 0 Å². The van der Waals surface area contributed by atoms with E-state index in [9.17, 15) is 4.39 Å². The number of rotatable bonds is 4. The molecule has 5 nitrogen and oxygen atoms in total. The summed E-state index contributed by atoms with van der Waals surface area (Å²) in [5.74, 6) is 1.00. The van der Waals surface area contributed by atoms with Crippen LogP contribution in [0.25, 0.3) is 0 Å². The van der Waals surface area contributed by atoms with E-state index in [-0.39, 0.29) is 18.0 Å². The molecule has 2 fully saturated rings. The zero-order valence-corrected chi connectivity index (χ0v) is 14.0. The molecule has 25 heavy (non-hydrogen) atoms. The second-order valence-corrected chi connectivity index (χ2v) is 6.58. The Balaban J connectivity index is 1.64. The Hall–Kier alpha value is -2.34. The summed E-state index contributed by atoms with van der Waals surface area (Å²) in [4.78, 5) is 6.44. The fraction of sp³-hybridized carbons (Fsp3) is 0.421. The molecule has 0 aliphatic carbocycles. The van der Waals surface area contributed by atoms with Gasteiger partial charge in [0.05, 0.1) is 31.1 Å². The van der Waals surface area contributed by atoms with Gasteiger partial charge in [-0.15, -0.1) is 0 Å². The summed E-state index contributed by atoms with van der Waals surface area (Å²) in [7, 11) is 0. The van der Waals surface area contributed by atoms with Gasteiger partial charge in [0.25, 0.3) is 0 Å². The standard InChI is InChI=1S/C19H22FN3O2/c20-13-3-5-18(25-15-7-9-24-12-15)16(10-13)17-2-1-8-23(17)14-4-6-19(21)22-11-14/h3-6,10-11,15,17H,1-2,7-9,12H2,(H2,21,22)/t15-,17?/m1/s1. The molecule has 2 aromatic rings. The molecule has 1 aromatic carbocycles. The Morgan fingerprint density at radius 1 is 1.24 bits per heavy atom. The summed E-state index contributed by atoms with van der Waals surface area (Å²) in [5, 5.41) is 0. The lowest BCUT2D eigenvalue weighted by atomic mass is 10.0. The van der Waals surface area contributed by atoms with Crippen molar-refractivity contribution in [1.82, 2.24) is 4.98 Å². The third-order valence-electron chi connectivity index (χ3n) is 4.87. The average Bonchev–Trinajstić information content (AvgIpc) is 3.29. The van der Waals surface area contributed by atoms with E-state index in [0.717, 1.165) is 42.8 Å². The van der Waals surface area contributed by atoms with E-state index in [4.69, 9.17) is 15.2 Å². The van der Waals surface area contributed by atoms with Gasteiger partial charge < -0.3 is 20.1 Å². The molecule has 0 saturated carbocycles. The van der Waals surface area contributed by atoms with Crippen LogP contribution in [0.5, 0.6) is 5.75 Å². The topological polar surface area (TPSA) is 60.6 Å². The molecule has 2 saturated heterocycles. The quantitative estimate of drug-likeness (QED) is 0.923. The molecule has 4 rings (SSSR count). The number of halogens is 1. The largest absolute Gasteiger partial charge is 0.488 e. The summed E-state index contributed by atoms with van der Waals surface area (Å²) in [6.45, 7) is 2.21. The van der Waals surface area contributed by atoms with E-state index in [1.165, 1.54) is 6.07 Å². The van der Waals surface area contributed by atoms with Crippen LogP contribution in [0.15, 0.2) is 36.5 Å². The normalized spacial score (nSPS) is 23.2. The van der Waals surface area contributed by atoms with Crippen molar-refractivity contribution in [2.24, 2.45) is 0 Å². The molecule has 2 N–H and O–H groups in total. The number of pyridine rings is 1. The molecule has 1 aromatic heterocycles. The van der Waals surface area contributed by atoms with Gasteiger partial charge in [0.15, 0.2) is 0 Å². The molecule has 2 aliphatic rings. The first-order valence-corrected chi connectivity index (χ1v) is 8.73. The maximum absolute atomic E-state index is 14.0. The van der Waals surface area contributed by atoms with Crippen LogP contribution in [-0.4, -0.2) is 30.8 Å². The van der Waals surface area contributed by atoms with E-state index < -0.39 is 0 Å². The van der Waals surface area contributed by atoms with Crippen molar-refractivity contribution in [3.8, 4) is 5.75 Å². The van der Waals surface area contributed by atoms with E-state index >= 15 is 0 Å². The number of hydrogen-bond donors (Lipinski definition) is 1. The lowest BCUT2D eigenvalue weighted by molar-refractivity contribution is 0.140. The summed E-state index contributed by atoms with van der Waals surface area (Å²) >= 11 is 0. The van der Waals surface area contributed by atoms with E-state index in [1.807, 2.05) is 6.07 Å². The summed E-state index contributed by atoms with van der Waals surface area (Å²) in [6.07, 6.45) is 4.67. The Morgan fingerprint density at radius 2 is 2.16 bits per heavy atom. The molecule has 1 unspecified atom stereocenters. The highest BCUT2D eigenvalue weighted by Crippen LogP contribution is 2.40. The smallest absolute Gasteiger partial charge is 0.125 e. The van der Waals surface area contributed by atoms with Gasteiger partial charge in [-0.2, -0.15) is 0 Å². The average molecular weight is 343 g/mol. The molecule has 132 valence electrons. The van der Waals surface area contributed by atoms with E-state index in [1.54, 1.807) is 24.4 Å². The molecule has 0 radical (unpaired) electrons. The van der Waals surface area contributed by atoms with Crippen molar-refractivity contribution in [2.75, 3.05) is 30.4 Å². The number of ether oxygens (including phenoxy) is 2. The van der Waals surface area contributed by atoms with Crippen molar-refractivity contribution in [1.29, 1.82) is 0 Å². The predicted molar refractivity (Wildman–Crippen MR) is 94.2 cm³/mol. The maximum atomic E-state index is 14.0. The summed E-state index contributed by atoms with van der Waals surface area (Å²) in [5.41, 5.74) is 7.58. The van der Waals surface area contributed by atoms with Crippen molar-refractivity contribution in [3.05, 3.63) is 47.9 Å². The van der Waals surface area contributed by atoms with Crippen molar-refractivity contribution in [3.63, 3.8) is 0 Å². The number of nitrogens with zero attached hydrogens (tertiary/aromatic N) is 2. The van der Waals surface area contributed by atoms with Gasteiger partial charge in [-0.25, -0.2) is 9.37 Å². The lowest BCUT2D eigenvalue weighted by Crippen LogP contribution is -2.24. The molecule has 0 amide bonds. The predicted octanol–water partition coefficient (Wildman–Crippen LogP) is 3.31. The van der Waals surface area contributed by atoms with E-state index in [0.29, 0.717) is 19.0 Å². The van der Waals surface area contributed by atoms with Crippen LogP contribution in [0.1, 0.15) is 30.9 Å². The minimum atomic E-state index is -0.243. The lowest BCUT2D eigenvalue weighted by Gasteiger charge is -2.29. The second kappa shape index (κ2) is 6.88. The molecular weight excluding hydrogens is 321 g/mol. The number of nitrogen functional groups attached to an aromatic ring is 1. The van der Waals surface area contributed by atoms with Crippen LogP contribution in [0.3, 0.4) is 0 Å². The number of benzene rings is 1. The zero-order chi connectivity index (χ0) is 17.2. The highest BCUT2D eigenvalue weighted by Gasteiger charge is 2.30. The minimum absolute atomic E-state index is 0.0391. The fourth-order valence-electron chi connectivity index (χ4n) is 3.64. The van der Waals surface area contributed by atoms with Crippen LogP contribution in [0.4, 0.5) is 15.9 Å². The second-order valence-electron chi connectivity index (χ2n) is 6.58. The minimum Gasteiger partial charge on any atom is -0.488 e. The Kier molecular flexibility index (Phi) is 4.44. The third kappa shape index (κ3) is 3.39. The monoisotopic (exact) mass is 343 g/mol. The van der Waals surface area contributed by atoms with Crippen LogP contribution < -0.4 is 15.4 Å². The van der Waals surface area contributed by atoms with Gasteiger partial charge in [0.1, 0.15) is 23.5 Å². The van der Waals surface area contributed by atoms with Gasteiger partial charge >= 0.3 is 0 Å². The molecule has 2 atom stereocenters. The molecule has 0 spiro atoms. The van der Waals surface area contributed by atoms with Crippen molar-refractivity contribution in [2.45, 2.75) is 31.4 Å². The van der Waals surface area contributed by atoms with Crippen LogP contribution in [-0.2, 0) is 4.74 Å². The molecule has 2 aliphatic heterocycles. The first kappa shape index (κ1) is 16.1. The highest BCUT2D eigenvalue weighted by molar-refractivity contribution is 5.53. The van der Waals surface area contributed by atoms with E-state index in [2.05, 4.69) is 9.88 Å². The Morgan fingerprint density at radius 3 is 2.92 bits per heavy atom. The number of anilines is 2. The number of hydrogen-bond acceptors (Lipinski definition) is 5. The third-order valence-corrected chi connectivity index (χ3v) is 4.87. The van der Waals surface area contributed by atoms with Gasteiger partial charge in [-0.05, 0) is 43.2 Å². The summed E-state index contributed by atoms with van der Waals surface area (Å²) < 4.78 is 25.5.